The van der Waals surface area contributed by atoms with Crippen LogP contribution in [0.5, 0.6) is 0 Å². The van der Waals surface area contributed by atoms with E-state index in [1.54, 1.807) is 0 Å². The van der Waals surface area contributed by atoms with Crippen molar-refractivity contribution in [2.75, 3.05) is 9.80 Å². The van der Waals surface area contributed by atoms with E-state index in [-0.39, 0.29) is 0 Å². The molecule has 0 N–H and O–H groups in total. The summed E-state index contributed by atoms with van der Waals surface area (Å²) in [5, 5.41) is 9.22. The van der Waals surface area contributed by atoms with Crippen LogP contribution in [-0.4, -0.2) is 0 Å². The van der Waals surface area contributed by atoms with Gasteiger partial charge in [0.2, 0.25) is 0 Å². The zero-order valence-corrected chi connectivity index (χ0v) is 31.1. The van der Waals surface area contributed by atoms with E-state index in [1.807, 2.05) is 0 Å². The Hall–Kier alpha value is -7.62. The largest absolute Gasteiger partial charge is 0.454 e. The first-order chi connectivity index (χ1) is 28.2. The second kappa shape index (κ2) is 13.6. The highest BCUT2D eigenvalue weighted by Crippen LogP contribution is 2.48. The number of furan rings is 1. The molecule has 0 saturated heterocycles. The van der Waals surface area contributed by atoms with Crippen molar-refractivity contribution in [3.63, 3.8) is 0 Å². The molecule has 0 bridgehead atoms. The third kappa shape index (κ3) is 5.85. The Morgan fingerprint density at radius 3 is 1.46 bits per heavy atom. The lowest BCUT2D eigenvalue weighted by Crippen LogP contribution is -2.13. The number of nitrogens with zero attached hydrogens (tertiary/aromatic N) is 2. The third-order valence-electron chi connectivity index (χ3n) is 11.1. The number of hydrogen-bond donors (Lipinski definition) is 0. The van der Waals surface area contributed by atoms with Crippen molar-refractivity contribution in [3.8, 4) is 11.1 Å². The molecule has 0 aliphatic heterocycles. The Bertz CT molecular complexity index is 3260. The average Bonchev–Trinajstić information content (AvgIpc) is 3.64. The van der Waals surface area contributed by atoms with Gasteiger partial charge in [0, 0.05) is 39.2 Å². The van der Waals surface area contributed by atoms with Gasteiger partial charge < -0.3 is 14.2 Å². The highest BCUT2D eigenvalue weighted by Gasteiger charge is 2.24. The van der Waals surface area contributed by atoms with Crippen molar-refractivity contribution in [1.29, 1.82) is 0 Å². The SMILES string of the molecule is c1ccc(-c2cccc(N(c3ccc4ccccc4c3)c3cc(N(c4ccccc4)c4ccc5ccccc5c4)cc4c3oc3cc5ccccc5cc34)c2)cc1. The summed E-state index contributed by atoms with van der Waals surface area (Å²) in [6.07, 6.45) is 0. The quantitative estimate of drug-likeness (QED) is 0.163. The van der Waals surface area contributed by atoms with Crippen LogP contribution in [0.4, 0.5) is 34.1 Å². The summed E-state index contributed by atoms with van der Waals surface area (Å²) in [6, 6.07) is 78.3. The van der Waals surface area contributed by atoms with E-state index in [0.29, 0.717) is 0 Å². The Morgan fingerprint density at radius 1 is 0.281 bits per heavy atom. The minimum Gasteiger partial charge on any atom is -0.454 e. The van der Waals surface area contributed by atoms with E-state index in [1.165, 1.54) is 32.5 Å². The van der Waals surface area contributed by atoms with Crippen molar-refractivity contribution in [2.24, 2.45) is 0 Å². The fraction of sp³-hybridized carbons (Fsp3) is 0. The molecule has 0 saturated carbocycles. The van der Waals surface area contributed by atoms with Crippen LogP contribution in [-0.2, 0) is 0 Å². The van der Waals surface area contributed by atoms with Crippen LogP contribution in [0, 0.1) is 0 Å². The van der Waals surface area contributed by atoms with Gasteiger partial charge in [-0.3, -0.25) is 0 Å². The lowest BCUT2D eigenvalue weighted by Gasteiger charge is -2.30. The third-order valence-corrected chi connectivity index (χ3v) is 11.1. The maximum Gasteiger partial charge on any atom is 0.159 e. The van der Waals surface area contributed by atoms with E-state index in [0.717, 1.165) is 67.0 Å². The van der Waals surface area contributed by atoms with Crippen molar-refractivity contribution in [2.45, 2.75) is 0 Å². The fourth-order valence-electron chi connectivity index (χ4n) is 8.36. The van der Waals surface area contributed by atoms with Gasteiger partial charge >= 0.3 is 0 Å². The molecule has 57 heavy (non-hydrogen) atoms. The molecule has 0 fully saturated rings. The monoisotopic (exact) mass is 728 g/mol. The van der Waals surface area contributed by atoms with Crippen LogP contribution < -0.4 is 9.80 Å². The summed E-state index contributed by atoms with van der Waals surface area (Å²) < 4.78 is 7.06. The summed E-state index contributed by atoms with van der Waals surface area (Å²) >= 11 is 0. The Kier molecular flexibility index (Phi) is 7.82. The zero-order chi connectivity index (χ0) is 37.7. The van der Waals surface area contributed by atoms with Gasteiger partial charge in [0.1, 0.15) is 5.58 Å². The van der Waals surface area contributed by atoms with Crippen LogP contribution in [0.1, 0.15) is 0 Å². The summed E-state index contributed by atoms with van der Waals surface area (Å²) in [7, 11) is 0. The average molecular weight is 729 g/mol. The van der Waals surface area contributed by atoms with Gasteiger partial charge in [0.15, 0.2) is 5.58 Å². The lowest BCUT2D eigenvalue weighted by molar-refractivity contribution is 0.669. The molecule has 11 rings (SSSR count). The van der Waals surface area contributed by atoms with Gasteiger partial charge in [-0.25, -0.2) is 0 Å². The van der Waals surface area contributed by atoms with Gasteiger partial charge in [-0.1, -0.05) is 146 Å². The number of benzene rings is 10. The lowest BCUT2D eigenvalue weighted by atomic mass is 10.0. The topological polar surface area (TPSA) is 19.6 Å². The molecule has 0 amide bonds. The van der Waals surface area contributed by atoms with Crippen LogP contribution in [0.2, 0.25) is 0 Å². The van der Waals surface area contributed by atoms with Gasteiger partial charge in [-0.05, 0) is 116 Å². The predicted molar refractivity (Wildman–Crippen MR) is 241 cm³/mol. The predicted octanol–water partition coefficient (Wildman–Crippen LogP) is 15.7. The van der Waals surface area contributed by atoms with Crippen LogP contribution in [0.3, 0.4) is 0 Å². The first kappa shape index (κ1) is 32.8. The highest BCUT2D eigenvalue weighted by molar-refractivity contribution is 6.15. The summed E-state index contributed by atoms with van der Waals surface area (Å²) in [5.41, 5.74) is 10.2. The molecular formula is C54H36N2O. The highest BCUT2D eigenvalue weighted by atomic mass is 16.3. The van der Waals surface area contributed by atoms with E-state index >= 15 is 0 Å². The number of rotatable bonds is 7. The Balaban J connectivity index is 1.24. The second-order valence-corrected chi connectivity index (χ2v) is 14.6. The van der Waals surface area contributed by atoms with E-state index in [9.17, 15) is 0 Å². The van der Waals surface area contributed by atoms with Crippen LogP contribution >= 0.6 is 0 Å². The van der Waals surface area contributed by atoms with E-state index < -0.39 is 0 Å². The zero-order valence-electron chi connectivity index (χ0n) is 31.1. The molecule has 0 aliphatic carbocycles. The first-order valence-electron chi connectivity index (χ1n) is 19.4. The van der Waals surface area contributed by atoms with Gasteiger partial charge in [0.25, 0.3) is 0 Å². The molecule has 268 valence electrons. The van der Waals surface area contributed by atoms with Crippen molar-refractivity contribution >= 4 is 88.4 Å². The van der Waals surface area contributed by atoms with E-state index in [4.69, 9.17) is 4.42 Å². The normalized spacial score (nSPS) is 11.5. The molecule has 0 radical (unpaired) electrons. The number of anilines is 6. The second-order valence-electron chi connectivity index (χ2n) is 14.6. The molecule has 1 heterocycles. The van der Waals surface area contributed by atoms with Crippen molar-refractivity contribution in [3.05, 3.63) is 218 Å². The molecule has 3 heteroatoms. The standard InChI is InChI=1S/C54H36N2O/c1-3-14-37(15-4-1)42-22-13-25-46(30-42)56(48-29-27-39-17-8-10-19-41(39)32-48)52-36-49(35-51-50-33-43-20-11-12-21-44(43)34-53(50)57-54(51)52)55(45-23-5-2-6-24-45)47-28-26-38-16-7-9-18-40(38)31-47/h1-36H. The number of hydrogen-bond acceptors (Lipinski definition) is 3. The molecule has 1 aromatic heterocycles. The maximum atomic E-state index is 7.06. The Labute approximate surface area is 330 Å². The summed E-state index contributed by atoms with van der Waals surface area (Å²) in [4.78, 5) is 4.74. The molecule has 0 atom stereocenters. The number of para-hydroxylation sites is 1. The molecule has 0 spiro atoms. The molecule has 11 aromatic rings. The van der Waals surface area contributed by atoms with Gasteiger partial charge in [0.05, 0.1) is 5.69 Å². The molecule has 10 aromatic carbocycles. The number of fused-ring (bicyclic) bond motifs is 6. The Morgan fingerprint density at radius 2 is 0.789 bits per heavy atom. The first-order valence-corrected chi connectivity index (χ1v) is 19.4. The minimum atomic E-state index is 0.828. The van der Waals surface area contributed by atoms with Gasteiger partial charge in [-0.15, -0.1) is 0 Å². The van der Waals surface area contributed by atoms with Crippen molar-refractivity contribution in [1.82, 2.24) is 0 Å². The van der Waals surface area contributed by atoms with Gasteiger partial charge in [-0.2, -0.15) is 0 Å². The summed E-state index contributed by atoms with van der Waals surface area (Å²) in [6.45, 7) is 0. The maximum absolute atomic E-state index is 7.06. The smallest absolute Gasteiger partial charge is 0.159 e. The summed E-state index contributed by atoms with van der Waals surface area (Å²) in [5.74, 6) is 0. The van der Waals surface area contributed by atoms with Crippen LogP contribution in [0.15, 0.2) is 223 Å². The fourth-order valence-corrected chi connectivity index (χ4v) is 8.36. The molecule has 3 nitrogen and oxygen atoms in total. The molecule has 0 unspecified atom stereocenters. The van der Waals surface area contributed by atoms with E-state index in [2.05, 4.69) is 228 Å². The van der Waals surface area contributed by atoms with Crippen molar-refractivity contribution < 1.29 is 4.42 Å². The van der Waals surface area contributed by atoms with Crippen LogP contribution in [0.25, 0.3) is 65.4 Å². The molecule has 0 aliphatic rings. The minimum absolute atomic E-state index is 0.828. The molecular weight excluding hydrogens is 693 g/mol.